The SMILES string of the molecule is Cc1c([Si](C)(C)C)nnn1[C@H]1CCN(C(=O)OC(C)(C)C)C[C@H]1C. The van der Waals surface area contributed by atoms with Crippen LogP contribution in [0.25, 0.3) is 0 Å². The van der Waals surface area contributed by atoms with Crippen molar-refractivity contribution in [3.63, 3.8) is 0 Å². The average molecular weight is 353 g/mol. The molecule has 136 valence electrons. The quantitative estimate of drug-likeness (QED) is 0.768. The molecular formula is C17H32N4O2Si. The molecule has 1 fully saturated rings. The van der Waals surface area contributed by atoms with Crippen LogP contribution in [-0.2, 0) is 4.74 Å². The second-order valence-electron chi connectivity index (χ2n) is 8.98. The number of hydrogen-bond donors (Lipinski definition) is 0. The largest absolute Gasteiger partial charge is 0.444 e. The van der Waals surface area contributed by atoms with Crippen LogP contribution >= 0.6 is 0 Å². The van der Waals surface area contributed by atoms with E-state index < -0.39 is 13.7 Å². The highest BCUT2D eigenvalue weighted by Gasteiger charge is 2.34. The number of ether oxygens (including phenoxy) is 1. The van der Waals surface area contributed by atoms with Crippen LogP contribution in [-0.4, -0.2) is 52.8 Å². The highest BCUT2D eigenvalue weighted by Crippen LogP contribution is 2.29. The Morgan fingerprint density at radius 3 is 2.38 bits per heavy atom. The zero-order chi connectivity index (χ0) is 18.3. The average Bonchev–Trinajstić information content (AvgIpc) is 2.78. The van der Waals surface area contributed by atoms with E-state index in [4.69, 9.17) is 4.74 Å². The van der Waals surface area contributed by atoms with Crippen molar-refractivity contribution in [1.29, 1.82) is 0 Å². The molecule has 0 aromatic carbocycles. The number of carbonyl (C=O) groups is 1. The maximum absolute atomic E-state index is 12.3. The van der Waals surface area contributed by atoms with Gasteiger partial charge in [-0.05, 0) is 40.0 Å². The van der Waals surface area contributed by atoms with E-state index in [0.717, 1.165) is 6.42 Å². The standard InChI is InChI=1S/C17H32N4O2Si/c1-12-11-20(16(22)23-17(3,4)5)10-9-14(12)21-13(2)15(18-19-21)24(6,7)8/h12,14H,9-11H2,1-8H3/t12-,14+/m1/s1. The summed E-state index contributed by atoms with van der Waals surface area (Å²) >= 11 is 0. The van der Waals surface area contributed by atoms with Gasteiger partial charge in [0, 0.05) is 13.1 Å². The summed E-state index contributed by atoms with van der Waals surface area (Å²) < 4.78 is 7.58. The van der Waals surface area contributed by atoms with Gasteiger partial charge >= 0.3 is 6.09 Å². The number of carbonyl (C=O) groups excluding carboxylic acids is 1. The highest BCUT2D eigenvalue weighted by atomic mass is 28.3. The summed E-state index contributed by atoms with van der Waals surface area (Å²) in [6.07, 6.45) is 0.668. The van der Waals surface area contributed by atoms with Gasteiger partial charge in [0.2, 0.25) is 0 Å². The fourth-order valence-corrected chi connectivity index (χ4v) is 4.88. The maximum Gasteiger partial charge on any atom is 0.410 e. The normalized spacial score (nSPS) is 22.6. The van der Waals surface area contributed by atoms with Crippen molar-refractivity contribution < 1.29 is 9.53 Å². The van der Waals surface area contributed by atoms with E-state index in [1.165, 1.54) is 11.0 Å². The predicted octanol–water partition coefficient (Wildman–Crippen LogP) is 2.95. The Morgan fingerprint density at radius 2 is 1.92 bits per heavy atom. The van der Waals surface area contributed by atoms with E-state index in [1.807, 2.05) is 25.7 Å². The summed E-state index contributed by atoms with van der Waals surface area (Å²) in [5.41, 5.74) is 0.739. The molecule has 1 aliphatic heterocycles. The summed E-state index contributed by atoms with van der Waals surface area (Å²) in [7, 11) is -1.48. The number of rotatable bonds is 2. The summed E-state index contributed by atoms with van der Waals surface area (Å²) in [5, 5.41) is 10.1. The van der Waals surface area contributed by atoms with Crippen molar-refractivity contribution >= 4 is 19.5 Å². The Kier molecular flexibility index (Phi) is 5.13. The van der Waals surface area contributed by atoms with E-state index >= 15 is 0 Å². The molecule has 7 heteroatoms. The Morgan fingerprint density at radius 1 is 1.29 bits per heavy atom. The Bertz CT molecular complexity index is 601. The van der Waals surface area contributed by atoms with Crippen molar-refractivity contribution in [2.75, 3.05) is 13.1 Å². The first-order chi connectivity index (χ1) is 10.9. The fourth-order valence-electron chi connectivity index (χ4n) is 3.34. The van der Waals surface area contributed by atoms with Crippen molar-refractivity contribution in [2.45, 2.75) is 72.3 Å². The molecule has 0 N–H and O–H groups in total. The number of nitrogens with zero attached hydrogens (tertiary/aromatic N) is 4. The van der Waals surface area contributed by atoms with Gasteiger partial charge in [-0.15, -0.1) is 5.10 Å². The molecule has 0 unspecified atom stereocenters. The Balaban J connectivity index is 2.10. The molecule has 0 radical (unpaired) electrons. The topological polar surface area (TPSA) is 60.2 Å². The predicted molar refractivity (Wildman–Crippen MR) is 98.4 cm³/mol. The van der Waals surface area contributed by atoms with Crippen LogP contribution in [0, 0.1) is 12.8 Å². The number of piperidine rings is 1. The first-order valence-electron chi connectivity index (χ1n) is 8.80. The molecule has 0 spiro atoms. The van der Waals surface area contributed by atoms with Crippen LogP contribution in [0.15, 0.2) is 0 Å². The first kappa shape index (κ1) is 19.0. The van der Waals surface area contributed by atoms with Gasteiger partial charge in [-0.2, -0.15) is 0 Å². The molecule has 0 aliphatic carbocycles. The molecule has 1 aromatic rings. The Labute approximate surface area is 146 Å². The fraction of sp³-hybridized carbons (Fsp3) is 0.824. The lowest BCUT2D eigenvalue weighted by molar-refractivity contribution is 0.0116. The molecule has 1 amide bonds. The lowest BCUT2D eigenvalue weighted by atomic mass is 9.94. The number of likely N-dealkylation sites (tertiary alicyclic amines) is 1. The number of hydrogen-bond acceptors (Lipinski definition) is 4. The molecule has 2 atom stereocenters. The molecule has 2 heterocycles. The second-order valence-corrected chi connectivity index (χ2v) is 14.0. The lowest BCUT2D eigenvalue weighted by Gasteiger charge is -2.37. The van der Waals surface area contributed by atoms with E-state index in [-0.39, 0.29) is 6.09 Å². The minimum Gasteiger partial charge on any atom is -0.444 e. The number of aromatic nitrogens is 3. The molecule has 6 nitrogen and oxygen atoms in total. The van der Waals surface area contributed by atoms with Gasteiger partial charge in [-0.3, -0.25) is 0 Å². The molecule has 24 heavy (non-hydrogen) atoms. The molecule has 2 rings (SSSR count). The minimum absolute atomic E-state index is 0.217. The third-order valence-corrected chi connectivity index (χ3v) is 6.35. The third kappa shape index (κ3) is 4.17. The second kappa shape index (κ2) is 6.50. The van der Waals surface area contributed by atoms with E-state index in [2.05, 4.69) is 48.5 Å². The van der Waals surface area contributed by atoms with Crippen LogP contribution < -0.4 is 5.32 Å². The van der Waals surface area contributed by atoms with Gasteiger partial charge < -0.3 is 9.64 Å². The highest BCUT2D eigenvalue weighted by molar-refractivity contribution is 6.88. The smallest absolute Gasteiger partial charge is 0.410 e. The van der Waals surface area contributed by atoms with Gasteiger partial charge in [-0.1, -0.05) is 31.8 Å². The zero-order valence-electron chi connectivity index (χ0n) is 16.4. The van der Waals surface area contributed by atoms with E-state index in [0.29, 0.717) is 25.0 Å². The third-order valence-electron chi connectivity index (χ3n) is 4.46. The Hall–Kier alpha value is -1.37. The van der Waals surface area contributed by atoms with Gasteiger partial charge in [0.05, 0.1) is 17.1 Å². The van der Waals surface area contributed by atoms with Crippen LogP contribution in [0.4, 0.5) is 4.79 Å². The van der Waals surface area contributed by atoms with Crippen molar-refractivity contribution in [3.05, 3.63) is 5.69 Å². The van der Waals surface area contributed by atoms with Crippen LogP contribution in [0.3, 0.4) is 0 Å². The summed E-state index contributed by atoms with van der Waals surface area (Å²) in [5.74, 6) is 0.321. The molecule has 1 saturated heterocycles. The van der Waals surface area contributed by atoms with Gasteiger partial charge in [0.25, 0.3) is 0 Å². The van der Waals surface area contributed by atoms with Crippen molar-refractivity contribution in [3.8, 4) is 0 Å². The van der Waals surface area contributed by atoms with Gasteiger partial charge in [0.1, 0.15) is 13.7 Å². The van der Waals surface area contributed by atoms with Crippen molar-refractivity contribution in [2.24, 2.45) is 5.92 Å². The summed E-state index contributed by atoms with van der Waals surface area (Å²) in [6.45, 7) is 18.3. The molecule has 1 aliphatic rings. The van der Waals surface area contributed by atoms with Crippen LogP contribution in [0.1, 0.15) is 45.9 Å². The molecule has 1 aromatic heterocycles. The van der Waals surface area contributed by atoms with Gasteiger partial charge in [-0.25, -0.2) is 9.48 Å². The van der Waals surface area contributed by atoms with E-state index in [9.17, 15) is 4.79 Å². The maximum atomic E-state index is 12.3. The summed E-state index contributed by atoms with van der Waals surface area (Å²) in [6, 6.07) is 0.293. The monoisotopic (exact) mass is 352 g/mol. The van der Waals surface area contributed by atoms with Crippen LogP contribution in [0.2, 0.25) is 19.6 Å². The lowest BCUT2D eigenvalue weighted by Crippen LogP contribution is -2.46. The molecule has 0 bridgehead atoms. The van der Waals surface area contributed by atoms with Crippen molar-refractivity contribution in [1.82, 2.24) is 19.9 Å². The minimum atomic E-state index is -1.48. The number of amides is 1. The summed E-state index contributed by atoms with van der Waals surface area (Å²) in [4.78, 5) is 14.1. The van der Waals surface area contributed by atoms with Gasteiger partial charge in [0.15, 0.2) is 0 Å². The molecular weight excluding hydrogens is 320 g/mol. The molecule has 0 saturated carbocycles. The first-order valence-corrected chi connectivity index (χ1v) is 12.3. The van der Waals surface area contributed by atoms with Crippen LogP contribution in [0.5, 0.6) is 0 Å². The van der Waals surface area contributed by atoms with E-state index in [1.54, 1.807) is 0 Å². The zero-order valence-corrected chi connectivity index (χ0v) is 17.4.